The van der Waals surface area contributed by atoms with Gasteiger partial charge in [-0.05, 0) is 45.2 Å². The van der Waals surface area contributed by atoms with Gasteiger partial charge in [0.1, 0.15) is 0 Å². The van der Waals surface area contributed by atoms with Crippen LogP contribution in [0.2, 0.25) is 0 Å². The van der Waals surface area contributed by atoms with Crippen molar-refractivity contribution in [3.8, 4) is 0 Å². The fourth-order valence-corrected chi connectivity index (χ4v) is 2.03. The Morgan fingerprint density at radius 2 is 1.91 bits per heavy atom. The van der Waals surface area contributed by atoms with Crippen LogP contribution >= 0.6 is 0 Å². The van der Waals surface area contributed by atoms with Gasteiger partial charge in [-0.1, -0.05) is 0 Å². The van der Waals surface area contributed by atoms with Gasteiger partial charge in [0.05, 0.1) is 0 Å². The molecule has 0 aliphatic heterocycles. The van der Waals surface area contributed by atoms with Gasteiger partial charge >= 0.3 is 0 Å². The summed E-state index contributed by atoms with van der Waals surface area (Å²) >= 11 is 0. The highest BCUT2D eigenvalue weighted by Gasteiger charge is 2.23. The summed E-state index contributed by atoms with van der Waals surface area (Å²) in [6.07, 6.45) is 3.77. The summed E-state index contributed by atoms with van der Waals surface area (Å²) < 4.78 is 0. The Kier molecular flexibility index (Phi) is 3.34. The summed E-state index contributed by atoms with van der Waals surface area (Å²) in [6, 6.07) is 0. The zero-order chi connectivity index (χ0) is 8.27. The molecule has 1 aliphatic carbocycles. The van der Waals surface area contributed by atoms with E-state index in [-0.39, 0.29) is 0 Å². The van der Waals surface area contributed by atoms with E-state index < -0.39 is 0 Å². The summed E-state index contributed by atoms with van der Waals surface area (Å²) in [5.74, 6) is 1.43. The van der Waals surface area contributed by atoms with E-state index in [1.807, 2.05) is 0 Å². The van der Waals surface area contributed by atoms with Gasteiger partial charge in [-0.15, -0.1) is 0 Å². The van der Waals surface area contributed by atoms with Crippen molar-refractivity contribution in [2.45, 2.75) is 19.3 Å². The number of nitrogens with zero attached hydrogens (tertiary/aromatic N) is 1. The second-order valence-electron chi connectivity index (χ2n) is 3.99. The van der Waals surface area contributed by atoms with Gasteiger partial charge in [-0.3, -0.25) is 0 Å². The maximum atomic E-state index is 8.90. The number of rotatable bonds is 3. The average molecular weight is 157 g/mol. The van der Waals surface area contributed by atoms with E-state index in [0.717, 1.165) is 5.92 Å². The second-order valence-corrected chi connectivity index (χ2v) is 3.99. The molecule has 0 spiro atoms. The molecule has 0 aromatic carbocycles. The molecule has 0 heterocycles. The Hall–Kier alpha value is -0.0800. The van der Waals surface area contributed by atoms with Crippen LogP contribution in [0, 0.1) is 11.8 Å². The van der Waals surface area contributed by atoms with Crippen LogP contribution in [0.4, 0.5) is 0 Å². The Morgan fingerprint density at radius 1 is 1.27 bits per heavy atom. The molecular weight excluding hydrogens is 138 g/mol. The van der Waals surface area contributed by atoms with Gasteiger partial charge in [0.15, 0.2) is 0 Å². The Bertz CT molecular complexity index is 114. The molecular formula is C9H19NO. The van der Waals surface area contributed by atoms with E-state index in [1.165, 1.54) is 25.8 Å². The SMILES string of the molecule is CN(C)C[C@H]1CC[C@@H](CO)C1. The van der Waals surface area contributed by atoms with Crippen LogP contribution in [0.15, 0.2) is 0 Å². The quantitative estimate of drug-likeness (QED) is 0.659. The van der Waals surface area contributed by atoms with Crippen LogP contribution < -0.4 is 0 Å². The van der Waals surface area contributed by atoms with Crippen LogP contribution in [0.5, 0.6) is 0 Å². The molecule has 0 amide bonds. The first-order chi connectivity index (χ1) is 5.22. The molecule has 0 radical (unpaired) electrons. The molecule has 2 atom stereocenters. The van der Waals surface area contributed by atoms with Gasteiger partial charge < -0.3 is 10.0 Å². The summed E-state index contributed by atoms with van der Waals surface area (Å²) in [5, 5.41) is 8.90. The first-order valence-corrected chi connectivity index (χ1v) is 4.48. The normalized spacial score (nSPS) is 31.6. The maximum absolute atomic E-state index is 8.90. The van der Waals surface area contributed by atoms with Crippen molar-refractivity contribution in [2.24, 2.45) is 11.8 Å². The molecule has 2 heteroatoms. The number of hydrogen-bond acceptors (Lipinski definition) is 2. The van der Waals surface area contributed by atoms with Crippen molar-refractivity contribution in [1.29, 1.82) is 0 Å². The lowest BCUT2D eigenvalue weighted by Crippen LogP contribution is -2.20. The highest BCUT2D eigenvalue weighted by Crippen LogP contribution is 2.30. The van der Waals surface area contributed by atoms with Gasteiger partial charge in [0.2, 0.25) is 0 Å². The van der Waals surface area contributed by atoms with Crippen LogP contribution in [-0.4, -0.2) is 37.3 Å². The standard InChI is InChI=1S/C9H19NO/c1-10(2)6-8-3-4-9(5-8)7-11/h8-9,11H,3-7H2,1-2H3/t8-,9+/m0/s1. The predicted molar refractivity (Wildman–Crippen MR) is 46.5 cm³/mol. The van der Waals surface area contributed by atoms with Crippen LogP contribution in [-0.2, 0) is 0 Å². The van der Waals surface area contributed by atoms with Crippen molar-refractivity contribution in [3.05, 3.63) is 0 Å². The van der Waals surface area contributed by atoms with E-state index in [2.05, 4.69) is 19.0 Å². The zero-order valence-electron chi connectivity index (χ0n) is 7.58. The summed E-state index contributed by atoms with van der Waals surface area (Å²) in [6.45, 7) is 1.58. The largest absolute Gasteiger partial charge is 0.396 e. The van der Waals surface area contributed by atoms with Crippen LogP contribution in [0.25, 0.3) is 0 Å². The smallest absolute Gasteiger partial charge is 0.0459 e. The molecule has 0 aromatic rings. The van der Waals surface area contributed by atoms with Crippen LogP contribution in [0.1, 0.15) is 19.3 Å². The first-order valence-electron chi connectivity index (χ1n) is 4.48. The predicted octanol–water partition coefficient (Wildman–Crippen LogP) is 0.957. The molecule has 1 saturated carbocycles. The number of aliphatic hydroxyl groups excluding tert-OH is 1. The Morgan fingerprint density at radius 3 is 2.36 bits per heavy atom. The fourth-order valence-electron chi connectivity index (χ4n) is 2.03. The third-order valence-electron chi connectivity index (χ3n) is 2.53. The monoisotopic (exact) mass is 157 g/mol. The molecule has 66 valence electrons. The first kappa shape index (κ1) is 9.01. The molecule has 0 aromatic heterocycles. The van der Waals surface area contributed by atoms with E-state index >= 15 is 0 Å². The Balaban J connectivity index is 2.19. The van der Waals surface area contributed by atoms with Gasteiger partial charge in [-0.25, -0.2) is 0 Å². The third kappa shape index (κ3) is 2.80. The average Bonchev–Trinajstić information content (AvgIpc) is 2.34. The van der Waals surface area contributed by atoms with Crippen molar-refractivity contribution in [1.82, 2.24) is 4.90 Å². The molecule has 11 heavy (non-hydrogen) atoms. The maximum Gasteiger partial charge on any atom is 0.0459 e. The highest BCUT2D eigenvalue weighted by molar-refractivity contribution is 4.76. The van der Waals surface area contributed by atoms with Crippen molar-refractivity contribution in [3.63, 3.8) is 0 Å². The highest BCUT2D eigenvalue weighted by atomic mass is 16.3. The lowest BCUT2D eigenvalue weighted by atomic mass is 10.1. The number of aliphatic hydroxyl groups is 1. The third-order valence-corrected chi connectivity index (χ3v) is 2.53. The molecule has 1 aliphatic rings. The fraction of sp³-hybridized carbons (Fsp3) is 1.00. The molecule has 2 nitrogen and oxygen atoms in total. The lowest BCUT2D eigenvalue weighted by Gasteiger charge is -2.15. The second kappa shape index (κ2) is 4.07. The van der Waals surface area contributed by atoms with Crippen molar-refractivity contribution < 1.29 is 5.11 Å². The topological polar surface area (TPSA) is 23.5 Å². The molecule has 1 rings (SSSR count). The van der Waals surface area contributed by atoms with E-state index in [0.29, 0.717) is 12.5 Å². The van der Waals surface area contributed by atoms with E-state index in [1.54, 1.807) is 0 Å². The molecule has 0 saturated heterocycles. The molecule has 0 bridgehead atoms. The number of hydrogen-bond donors (Lipinski definition) is 1. The lowest BCUT2D eigenvalue weighted by molar-refractivity contribution is 0.222. The van der Waals surface area contributed by atoms with Crippen molar-refractivity contribution >= 4 is 0 Å². The minimum Gasteiger partial charge on any atom is -0.396 e. The van der Waals surface area contributed by atoms with Gasteiger partial charge in [0.25, 0.3) is 0 Å². The zero-order valence-corrected chi connectivity index (χ0v) is 7.58. The molecule has 1 N–H and O–H groups in total. The minimum atomic E-state index is 0.393. The summed E-state index contributed by atoms with van der Waals surface area (Å²) in [4.78, 5) is 2.24. The van der Waals surface area contributed by atoms with E-state index in [9.17, 15) is 0 Å². The molecule has 0 unspecified atom stereocenters. The van der Waals surface area contributed by atoms with Crippen molar-refractivity contribution in [2.75, 3.05) is 27.2 Å². The Labute approximate surface area is 69.2 Å². The van der Waals surface area contributed by atoms with Crippen LogP contribution in [0.3, 0.4) is 0 Å². The summed E-state index contributed by atoms with van der Waals surface area (Å²) in [7, 11) is 4.23. The molecule has 1 fully saturated rings. The van der Waals surface area contributed by atoms with Gasteiger partial charge in [0, 0.05) is 13.2 Å². The van der Waals surface area contributed by atoms with Gasteiger partial charge in [-0.2, -0.15) is 0 Å². The summed E-state index contributed by atoms with van der Waals surface area (Å²) in [5.41, 5.74) is 0. The minimum absolute atomic E-state index is 0.393. The van der Waals surface area contributed by atoms with E-state index in [4.69, 9.17) is 5.11 Å².